The Morgan fingerprint density at radius 1 is 1.28 bits per heavy atom. The van der Waals surface area contributed by atoms with Crippen molar-refractivity contribution in [3.05, 3.63) is 41.8 Å². The lowest BCUT2D eigenvalue weighted by Gasteiger charge is -2.10. The Kier molecular flexibility index (Phi) is 3.32. The Morgan fingerprint density at radius 3 is 2.78 bits per heavy atom. The maximum absolute atomic E-state index is 13.7. The van der Waals surface area contributed by atoms with Crippen LogP contribution in [0.3, 0.4) is 0 Å². The minimum Gasteiger partial charge on any atom is -0.491 e. The van der Waals surface area contributed by atoms with E-state index in [1.165, 1.54) is 19.2 Å². The molecule has 0 aliphatic rings. The van der Waals surface area contributed by atoms with E-state index in [9.17, 15) is 4.39 Å². The van der Waals surface area contributed by atoms with Crippen molar-refractivity contribution in [2.75, 3.05) is 12.8 Å². The molecule has 0 aliphatic carbocycles. The van der Waals surface area contributed by atoms with E-state index in [2.05, 4.69) is 4.98 Å². The molecule has 0 bridgehead atoms. The zero-order valence-electron chi connectivity index (χ0n) is 10.1. The Bertz CT molecular complexity index is 573. The Morgan fingerprint density at radius 2 is 2.06 bits per heavy atom. The van der Waals surface area contributed by atoms with E-state index in [1.807, 2.05) is 0 Å². The van der Waals surface area contributed by atoms with E-state index >= 15 is 0 Å². The van der Waals surface area contributed by atoms with Crippen LogP contribution in [0.4, 0.5) is 10.1 Å². The number of ether oxygens (including phenoxy) is 2. The van der Waals surface area contributed by atoms with Gasteiger partial charge in [0.25, 0.3) is 5.88 Å². The second-order valence-corrected chi connectivity index (χ2v) is 3.75. The first-order valence-electron chi connectivity index (χ1n) is 5.34. The maximum Gasteiger partial charge on any atom is 0.262 e. The first-order chi connectivity index (χ1) is 8.61. The van der Waals surface area contributed by atoms with Crippen LogP contribution in [-0.2, 0) is 0 Å². The van der Waals surface area contributed by atoms with Gasteiger partial charge in [-0.2, -0.15) is 0 Å². The summed E-state index contributed by atoms with van der Waals surface area (Å²) < 4.78 is 24.2. The molecule has 94 valence electrons. The third kappa shape index (κ3) is 2.34. The summed E-state index contributed by atoms with van der Waals surface area (Å²) in [5.41, 5.74) is 6.72. The molecule has 0 atom stereocenters. The summed E-state index contributed by atoms with van der Waals surface area (Å²) >= 11 is 0. The number of anilines is 1. The van der Waals surface area contributed by atoms with Crippen molar-refractivity contribution < 1.29 is 13.9 Å². The molecule has 0 fully saturated rings. The first kappa shape index (κ1) is 12.2. The SMILES string of the molecule is COc1cccnc1Oc1cc(C)c(N)cc1F. The van der Waals surface area contributed by atoms with Gasteiger partial charge >= 0.3 is 0 Å². The molecule has 0 amide bonds. The lowest BCUT2D eigenvalue weighted by Crippen LogP contribution is -1.97. The Hall–Kier alpha value is -2.30. The molecule has 1 aromatic heterocycles. The predicted octanol–water partition coefficient (Wildman–Crippen LogP) is 2.91. The van der Waals surface area contributed by atoms with E-state index in [0.717, 1.165) is 5.56 Å². The van der Waals surface area contributed by atoms with Gasteiger partial charge in [-0.25, -0.2) is 9.37 Å². The zero-order valence-corrected chi connectivity index (χ0v) is 10.1. The van der Waals surface area contributed by atoms with Crippen LogP contribution >= 0.6 is 0 Å². The predicted molar refractivity (Wildman–Crippen MR) is 66.4 cm³/mol. The molecule has 0 radical (unpaired) electrons. The summed E-state index contributed by atoms with van der Waals surface area (Å²) in [6.07, 6.45) is 1.54. The fraction of sp³-hybridized carbons (Fsp3) is 0.154. The molecule has 0 spiro atoms. The molecule has 4 nitrogen and oxygen atoms in total. The fourth-order valence-corrected chi connectivity index (χ4v) is 1.46. The standard InChI is InChI=1S/C13H13FN2O2/c1-8-6-12(9(14)7-10(8)15)18-13-11(17-2)4-3-5-16-13/h3-7H,15H2,1-2H3. The van der Waals surface area contributed by atoms with Gasteiger partial charge in [0.2, 0.25) is 0 Å². The van der Waals surface area contributed by atoms with E-state index < -0.39 is 5.82 Å². The van der Waals surface area contributed by atoms with E-state index in [4.69, 9.17) is 15.2 Å². The largest absolute Gasteiger partial charge is 0.491 e. The molecule has 0 aliphatic heterocycles. The molecule has 5 heteroatoms. The van der Waals surface area contributed by atoms with Crippen molar-refractivity contribution in [2.45, 2.75) is 6.92 Å². The van der Waals surface area contributed by atoms with Gasteiger partial charge < -0.3 is 15.2 Å². The molecule has 2 rings (SSSR count). The second kappa shape index (κ2) is 4.91. The number of hydrogen-bond acceptors (Lipinski definition) is 4. The third-order valence-corrected chi connectivity index (χ3v) is 2.48. The van der Waals surface area contributed by atoms with Gasteiger partial charge in [-0.05, 0) is 30.7 Å². The number of rotatable bonds is 3. The van der Waals surface area contributed by atoms with Crippen molar-refractivity contribution >= 4 is 5.69 Å². The lowest BCUT2D eigenvalue weighted by atomic mass is 10.2. The molecule has 0 saturated heterocycles. The maximum atomic E-state index is 13.7. The molecule has 0 saturated carbocycles. The number of methoxy groups -OCH3 is 1. The second-order valence-electron chi connectivity index (χ2n) is 3.75. The summed E-state index contributed by atoms with van der Waals surface area (Å²) in [7, 11) is 1.49. The summed E-state index contributed by atoms with van der Waals surface area (Å²) in [5.74, 6) is 0.180. The van der Waals surface area contributed by atoms with Crippen molar-refractivity contribution in [1.29, 1.82) is 0 Å². The first-order valence-corrected chi connectivity index (χ1v) is 5.34. The van der Waals surface area contributed by atoms with Gasteiger partial charge in [0, 0.05) is 18.0 Å². The highest BCUT2D eigenvalue weighted by Crippen LogP contribution is 2.31. The van der Waals surface area contributed by atoms with E-state index in [-0.39, 0.29) is 11.6 Å². The van der Waals surface area contributed by atoms with Gasteiger partial charge in [-0.1, -0.05) is 0 Å². The summed E-state index contributed by atoms with van der Waals surface area (Å²) in [6.45, 7) is 1.78. The number of nitrogens with zero attached hydrogens (tertiary/aromatic N) is 1. The average Bonchev–Trinajstić information content (AvgIpc) is 2.36. The fourth-order valence-electron chi connectivity index (χ4n) is 1.46. The van der Waals surface area contributed by atoms with Gasteiger partial charge in [0.15, 0.2) is 17.3 Å². The van der Waals surface area contributed by atoms with Crippen LogP contribution in [0.25, 0.3) is 0 Å². The van der Waals surface area contributed by atoms with Crippen LogP contribution in [0.1, 0.15) is 5.56 Å². The molecular weight excluding hydrogens is 235 g/mol. The minimum atomic E-state index is -0.536. The third-order valence-electron chi connectivity index (χ3n) is 2.48. The minimum absolute atomic E-state index is 0.0682. The molecule has 2 aromatic rings. The van der Waals surface area contributed by atoms with Gasteiger partial charge in [-0.15, -0.1) is 0 Å². The highest BCUT2D eigenvalue weighted by atomic mass is 19.1. The van der Waals surface area contributed by atoms with Crippen molar-refractivity contribution in [3.8, 4) is 17.4 Å². The van der Waals surface area contributed by atoms with Crippen molar-refractivity contribution in [3.63, 3.8) is 0 Å². The average molecular weight is 248 g/mol. The van der Waals surface area contributed by atoms with Gasteiger partial charge in [0.1, 0.15) is 0 Å². The molecular formula is C13H13FN2O2. The Balaban J connectivity index is 2.37. The summed E-state index contributed by atoms with van der Waals surface area (Å²) in [4.78, 5) is 3.99. The van der Waals surface area contributed by atoms with Crippen LogP contribution in [0.15, 0.2) is 30.5 Å². The number of hydrogen-bond donors (Lipinski definition) is 1. The van der Waals surface area contributed by atoms with Gasteiger partial charge in [0.05, 0.1) is 7.11 Å². The van der Waals surface area contributed by atoms with Crippen LogP contribution in [-0.4, -0.2) is 12.1 Å². The summed E-state index contributed by atoms with van der Waals surface area (Å²) in [6, 6.07) is 6.14. The highest BCUT2D eigenvalue weighted by Gasteiger charge is 2.11. The quantitative estimate of drug-likeness (QED) is 0.848. The highest BCUT2D eigenvalue weighted by molar-refractivity contribution is 5.51. The normalized spacial score (nSPS) is 10.2. The van der Waals surface area contributed by atoms with Crippen LogP contribution in [0, 0.1) is 12.7 Å². The van der Waals surface area contributed by atoms with Crippen LogP contribution in [0.2, 0.25) is 0 Å². The molecule has 0 unspecified atom stereocenters. The number of nitrogen functional groups attached to an aromatic ring is 1. The van der Waals surface area contributed by atoms with Crippen molar-refractivity contribution in [1.82, 2.24) is 4.98 Å². The number of halogens is 1. The number of nitrogens with two attached hydrogens (primary N) is 1. The molecule has 18 heavy (non-hydrogen) atoms. The number of pyridine rings is 1. The van der Waals surface area contributed by atoms with Crippen LogP contribution < -0.4 is 15.2 Å². The van der Waals surface area contributed by atoms with E-state index in [1.54, 1.807) is 25.3 Å². The topological polar surface area (TPSA) is 57.4 Å². The molecule has 1 aromatic carbocycles. The summed E-state index contributed by atoms with van der Waals surface area (Å²) in [5, 5.41) is 0. The number of benzene rings is 1. The molecule has 1 heterocycles. The van der Waals surface area contributed by atoms with Gasteiger partial charge in [-0.3, -0.25) is 0 Å². The number of aryl methyl sites for hydroxylation is 1. The number of aromatic nitrogens is 1. The zero-order chi connectivity index (χ0) is 13.1. The smallest absolute Gasteiger partial charge is 0.262 e. The molecule has 2 N–H and O–H groups in total. The van der Waals surface area contributed by atoms with E-state index in [0.29, 0.717) is 11.4 Å². The van der Waals surface area contributed by atoms with Crippen LogP contribution in [0.5, 0.6) is 17.4 Å². The lowest BCUT2D eigenvalue weighted by molar-refractivity contribution is 0.361. The Labute approximate surface area is 104 Å². The van der Waals surface area contributed by atoms with Crippen molar-refractivity contribution in [2.24, 2.45) is 0 Å². The monoisotopic (exact) mass is 248 g/mol.